The average molecular weight is 304 g/mol. The molecule has 1 aliphatic rings. The van der Waals surface area contributed by atoms with Crippen LogP contribution in [0.5, 0.6) is 5.75 Å². The zero-order valence-corrected chi connectivity index (χ0v) is 13.7. The van der Waals surface area contributed by atoms with E-state index in [4.69, 9.17) is 4.74 Å². The van der Waals surface area contributed by atoms with Crippen molar-refractivity contribution in [2.45, 2.75) is 52.2 Å². The van der Waals surface area contributed by atoms with E-state index in [1.807, 2.05) is 38.1 Å². The number of carbonyl (C=O) groups excluding carboxylic acids is 2. The third-order valence-electron chi connectivity index (χ3n) is 3.86. The number of nitrogens with one attached hydrogen (secondary N) is 1. The van der Waals surface area contributed by atoms with E-state index in [-0.39, 0.29) is 24.3 Å². The van der Waals surface area contributed by atoms with Crippen molar-refractivity contribution in [2.24, 2.45) is 0 Å². The molecule has 1 aromatic carbocycles. The van der Waals surface area contributed by atoms with E-state index in [9.17, 15) is 9.59 Å². The molecule has 0 saturated carbocycles. The zero-order valence-electron chi connectivity index (χ0n) is 13.7. The molecule has 0 aliphatic carbocycles. The topological polar surface area (TPSA) is 58.6 Å². The monoisotopic (exact) mass is 304 g/mol. The van der Waals surface area contributed by atoms with Crippen molar-refractivity contribution in [2.75, 3.05) is 11.4 Å². The van der Waals surface area contributed by atoms with Crippen molar-refractivity contribution in [3.8, 4) is 5.75 Å². The Kier molecular flexibility index (Phi) is 4.74. The summed E-state index contributed by atoms with van der Waals surface area (Å²) in [6, 6.07) is 7.57. The van der Waals surface area contributed by atoms with Gasteiger partial charge in [0, 0.05) is 19.0 Å². The van der Waals surface area contributed by atoms with Gasteiger partial charge in [-0.05, 0) is 39.3 Å². The highest BCUT2D eigenvalue weighted by molar-refractivity contribution is 6.02. The molecule has 1 N–H and O–H groups in total. The lowest BCUT2D eigenvalue weighted by Crippen LogP contribution is -2.53. The van der Waals surface area contributed by atoms with E-state index >= 15 is 0 Å². The third kappa shape index (κ3) is 3.40. The van der Waals surface area contributed by atoms with Gasteiger partial charge in [-0.3, -0.25) is 9.59 Å². The summed E-state index contributed by atoms with van der Waals surface area (Å²) in [6.07, 6.45) is 1.17. The van der Waals surface area contributed by atoms with Gasteiger partial charge in [0.1, 0.15) is 5.75 Å². The molecule has 0 saturated heterocycles. The summed E-state index contributed by atoms with van der Waals surface area (Å²) < 4.78 is 5.76. The number of hydrogen-bond acceptors (Lipinski definition) is 3. The predicted octanol–water partition coefficient (Wildman–Crippen LogP) is 2.50. The molecule has 1 heterocycles. The molecule has 5 nitrogen and oxygen atoms in total. The zero-order chi connectivity index (χ0) is 16.3. The molecule has 5 heteroatoms. The Morgan fingerprint density at radius 3 is 2.73 bits per heavy atom. The molecule has 1 atom stereocenters. The van der Waals surface area contributed by atoms with Crippen LogP contribution in [-0.2, 0) is 9.59 Å². The van der Waals surface area contributed by atoms with Crippen LogP contribution in [0.3, 0.4) is 0 Å². The van der Waals surface area contributed by atoms with Gasteiger partial charge in [0.05, 0.1) is 5.69 Å². The van der Waals surface area contributed by atoms with Crippen LogP contribution in [-0.4, -0.2) is 30.0 Å². The molecule has 2 amide bonds. The molecule has 2 rings (SSSR count). The Morgan fingerprint density at radius 2 is 2.05 bits per heavy atom. The van der Waals surface area contributed by atoms with Gasteiger partial charge in [-0.15, -0.1) is 0 Å². The van der Waals surface area contributed by atoms with E-state index in [2.05, 4.69) is 5.32 Å². The van der Waals surface area contributed by atoms with Gasteiger partial charge < -0.3 is 15.0 Å². The second-order valence-corrected chi connectivity index (χ2v) is 6.16. The molecule has 1 aliphatic heterocycles. The number of carbonyl (C=O) groups is 2. The fourth-order valence-electron chi connectivity index (χ4n) is 2.40. The van der Waals surface area contributed by atoms with E-state index in [0.717, 1.165) is 12.1 Å². The number of ether oxygens (including phenoxy) is 1. The number of benzene rings is 1. The minimum atomic E-state index is -0.915. The highest BCUT2D eigenvalue weighted by Crippen LogP contribution is 2.37. The number of amides is 2. The normalized spacial score (nSPS) is 17.5. The summed E-state index contributed by atoms with van der Waals surface area (Å²) in [4.78, 5) is 26.2. The highest BCUT2D eigenvalue weighted by atomic mass is 16.5. The summed E-state index contributed by atoms with van der Waals surface area (Å²) in [6.45, 7) is 7.84. The highest BCUT2D eigenvalue weighted by Gasteiger charge is 2.40. The molecule has 0 bridgehead atoms. The van der Waals surface area contributed by atoms with Crippen LogP contribution in [0.2, 0.25) is 0 Å². The van der Waals surface area contributed by atoms with Gasteiger partial charge in [0.2, 0.25) is 5.91 Å². The van der Waals surface area contributed by atoms with Crippen LogP contribution in [0.4, 0.5) is 5.69 Å². The van der Waals surface area contributed by atoms with Crippen LogP contribution < -0.4 is 15.0 Å². The first-order valence-corrected chi connectivity index (χ1v) is 7.74. The number of para-hydroxylation sites is 2. The molecule has 0 fully saturated rings. The Morgan fingerprint density at radius 1 is 1.36 bits per heavy atom. The molecular weight excluding hydrogens is 280 g/mol. The summed E-state index contributed by atoms with van der Waals surface area (Å²) >= 11 is 0. The fraction of sp³-hybridized carbons (Fsp3) is 0.529. The van der Waals surface area contributed by atoms with Gasteiger partial charge in [-0.1, -0.05) is 19.1 Å². The first-order valence-electron chi connectivity index (χ1n) is 7.74. The maximum atomic E-state index is 12.6. The number of nitrogens with zero attached hydrogens (tertiary/aromatic N) is 1. The van der Waals surface area contributed by atoms with Gasteiger partial charge in [-0.2, -0.15) is 0 Å². The fourth-order valence-corrected chi connectivity index (χ4v) is 2.40. The van der Waals surface area contributed by atoms with Crippen molar-refractivity contribution in [1.29, 1.82) is 0 Å². The standard InChI is InChI=1S/C17H24N2O3/c1-5-12(2)18-15(20)10-11-19-13-8-6-7-9-14(13)22-17(3,4)16(19)21/h6-9,12H,5,10-11H2,1-4H3,(H,18,20). The Labute approximate surface area is 131 Å². The summed E-state index contributed by atoms with van der Waals surface area (Å²) in [5.41, 5.74) is -0.190. The number of rotatable bonds is 5. The van der Waals surface area contributed by atoms with Gasteiger partial charge in [-0.25, -0.2) is 0 Å². The molecule has 1 aromatic rings. The summed E-state index contributed by atoms with van der Waals surface area (Å²) in [7, 11) is 0. The molecule has 0 spiro atoms. The van der Waals surface area contributed by atoms with Crippen LogP contribution in [0.1, 0.15) is 40.5 Å². The smallest absolute Gasteiger partial charge is 0.270 e. The molecular formula is C17H24N2O3. The lowest BCUT2D eigenvalue weighted by Gasteiger charge is -2.38. The van der Waals surface area contributed by atoms with Gasteiger partial charge in [0.15, 0.2) is 5.60 Å². The summed E-state index contributed by atoms with van der Waals surface area (Å²) in [5, 5.41) is 2.92. The molecule has 22 heavy (non-hydrogen) atoms. The number of anilines is 1. The van der Waals surface area contributed by atoms with Crippen LogP contribution in [0.15, 0.2) is 24.3 Å². The van der Waals surface area contributed by atoms with Gasteiger partial charge in [0.25, 0.3) is 5.91 Å². The van der Waals surface area contributed by atoms with Crippen molar-refractivity contribution < 1.29 is 14.3 Å². The SMILES string of the molecule is CCC(C)NC(=O)CCN1C(=O)C(C)(C)Oc2ccccc21. The van der Waals surface area contributed by atoms with E-state index in [0.29, 0.717) is 12.3 Å². The van der Waals surface area contributed by atoms with Gasteiger partial charge >= 0.3 is 0 Å². The quantitative estimate of drug-likeness (QED) is 0.909. The summed E-state index contributed by atoms with van der Waals surface area (Å²) in [5.74, 6) is 0.515. The van der Waals surface area contributed by atoms with E-state index in [1.165, 1.54) is 0 Å². The molecule has 1 unspecified atom stereocenters. The maximum absolute atomic E-state index is 12.6. The Balaban J connectivity index is 2.12. The average Bonchev–Trinajstić information content (AvgIpc) is 2.47. The van der Waals surface area contributed by atoms with Crippen LogP contribution in [0.25, 0.3) is 0 Å². The Hall–Kier alpha value is -2.04. The minimum Gasteiger partial charge on any atom is -0.476 e. The van der Waals surface area contributed by atoms with Crippen molar-refractivity contribution in [3.05, 3.63) is 24.3 Å². The van der Waals surface area contributed by atoms with Crippen molar-refractivity contribution in [1.82, 2.24) is 5.32 Å². The first-order chi connectivity index (χ1) is 10.3. The maximum Gasteiger partial charge on any atom is 0.270 e. The molecule has 0 radical (unpaired) electrons. The Bertz CT molecular complexity index is 569. The van der Waals surface area contributed by atoms with Crippen LogP contribution in [0, 0.1) is 0 Å². The molecule has 120 valence electrons. The first kappa shape index (κ1) is 16.3. The number of fused-ring (bicyclic) bond motifs is 1. The predicted molar refractivity (Wildman–Crippen MR) is 86.0 cm³/mol. The molecule has 0 aromatic heterocycles. The lowest BCUT2D eigenvalue weighted by atomic mass is 10.0. The minimum absolute atomic E-state index is 0.0380. The van der Waals surface area contributed by atoms with E-state index < -0.39 is 5.60 Å². The van der Waals surface area contributed by atoms with Crippen molar-refractivity contribution in [3.63, 3.8) is 0 Å². The van der Waals surface area contributed by atoms with E-state index in [1.54, 1.807) is 18.7 Å². The second-order valence-electron chi connectivity index (χ2n) is 6.16. The lowest BCUT2D eigenvalue weighted by molar-refractivity contribution is -0.132. The number of hydrogen-bond donors (Lipinski definition) is 1. The second kappa shape index (κ2) is 6.38. The van der Waals surface area contributed by atoms with Crippen molar-refractivity contribution >= 4 is 17.5 Å². The third-order valence-corrected chi connectivity index (χ3v) is 3.86. The van der Waals surface area contributed by atoms with Crippen LogP contribution >= 0.6 is 0 Å². The largest absolute Gasteiger partial charge is 0.476 e.